The standard InChI is InChI=1S/C9H12F2N2O2/c10-7-1-5(12)2-8(11)9(7)13-6(3-14)4-15/h1-2,6,13-15H,3-4,12H2. The van der Waals surface area contributed by atoms with E-state index in [1.54, 1.807) is 0 Å². The van der Waals surface area contributed by atoms with Gasteiger partial charge >= 0.3 is 0 Å². The van der Waals surface area contributed by atoms with Crippen molar-refractivity contribution < 1.29 is 19.0 Å². The van der Waals surface area contributed by atoms with Crippen LogP contribution < -0.4 is 11.1 Å². The topological polar surface area (TPSA) is 78.5 Å². The Morgan fingerprint density at radius 3 is 2.07 bits per heavy atom. The summed E-state index contributed by atoms with van der Waals surface area (Å²) >= 11 is 0. The van der Waals surface area contributed by atoms with Crippen molar-refractivity contribution in [1.82, 2.24) is 0 Å². The van der Waals surface area contributed by atoms with Crippen molar-refractivity contribution in [2.45, 2.75) is 6.04 Å². The van der Waals surface area contributed by atoms with Crippen LogP contribution >= 0.6 is 0 Å². The number of nitrogens with two attached hydrogens (primary N) is 1. The van der Waals surface area contributed by atoms with Gasteiger partial charge in [0.25, 0.3) is 0 Å². The molecule has 6 heteroatoms. The van der Waals surface area contributed by atoms with Gasteiger partial charge in [0, 0.05) is 5.69 Å². The van der Waals surface area contributed by atoms with Crippen LogP contribution in [0.4, 0.5) is 20.2 Å². The molecule has 0 aliphatic rings. The molecule has 15 heavy (non-hydrogen) atoms. The molecule has 0 unspecified atom stereocenters. The van der Waals surface area contributed by atoms with E-state index in [-0.39, 0.29) is 5.69 Å². The minimum Gasteiger partial charge on any atom is -0.399 e. The second kappa shape index (κ2) is 4.90. The second-order valence-electron chi connectivity index (χ2n) is 3.07. The molecule has 0 saturated heterocycles. The lowest BCUT2D eigenvalue weighted by Crippen LogP contribution is -2.28. The van der Waals surface area contributed by atoms with Gasteiger partial charge in [-0.3, -0.25) is 0 Å². The fraction of sp³-hybridized carbons (Fsp3) is 0.333. The fourth-order valence-corrected chi connectivity index (χ4v) is 1.08. The van der Waals surface area contributed by atoms with E-state index >= 15 is 0 Å². The van der Waals surface area contributed by atoms with Crippen LogP contribution in [0.25, 0.3) is 0 Å². The number of benzene rings is 1. The molecule has 0 heterocycles. The Morgan fingerprint density at radius 2 is 1.67 bits per heavy atom. The first-order valence-corrected chi connectivity index (χ1v) is 4.31. The zero-order chi connectivity index (χ0) is 11.4. The van der Waals surface area contributed by atoms with Gasteiger partial charge in [-0.2, -0.15) is 0 Å². The summed E-state index contributed by atoms with van der Waals surface area (Å²) in [6, 6.07) is 1.10. The van der Waals surface area contributed by atoms with Crippen LogP contribution in [0, 0.1) is 11.6 Å². The average molecular weight is 218 g/mol. The summed E-state index contributed by atoms with van der Waals surface area (Å²) < 4.78 is 26.4. The molecule has 0 fully saturated rings. The third-order valence-corrected chi connectivity index (χ3v) is 1.85. The average Bonchev–Trinajstić information content (AvgIpc) is 2.17. The minimum atomic E-state index is -0.862. The monoisotopic (exact) mass is 218 g/mol. The van der Waals surface area contributed by atoms with Crippen LogP contribution in [0.1, 0.15) is 0 Å². The molecule has 1 aromatic rings. The Kier molecular flexibility index (Phi) is 3.81. The van der Waals surface area contributed by atoms with Gasteiger partial charge in [-0.05, 0) is 12.1 Å². The number of hydrogen-bond donors (Lipinski definition) is 4. The van der Waals surface area contributed by atoms with Crippen molar-refractivity contribution in [3.8, 4) is 0 Å². The van der Waals surface area contributed by atoms with Gasteiger partial charge in [-0.1, -0.05) is 0 Å². The van der Waals surface area contributed by atoms with Crippen molar-refractivity contribution in [3.05, 3.63) is 23.8 Å². The van der Waals surface area contributed by atoms with Crippen molar-refractivity contribution >= 4 is 11.4 Å². The maximum Gasteiger partial charge on any atom is 0.151 e. The van der Waals surface area contributed by atoms with E-state index in [4.69, 9.17) is 15.9 Å². The predicted octanol–water partition coefficient (Wildman–Crippen LogP) is 0.312. The van der Waals surface area contributed by atoms with E-state index in [0.717, 1.165) is 12.1 Å². The van der Waals surface area contributed by atoms with Crippen LogP contribution in [0.2, 0.25) is 0 Å². The molecule has 1 aromatic carbocycles. The van der Waals surface area contributed by atoms with Crippen molar-refractivity contribution in [2.24, 2.45) is 0 Å². The lowest BCUT2D eigenvalue weighted by Gasteiger charge is -2.16. The first kappa shape index (κ1) is 11.7. The normalized spacial score (nSPS) is 10.7. The highest BCUT2D eigenvalue weighted by molar-refractivity contribution is 5.54. The van der Waals surface area contributed by atoms with E-state index in [2.05, 4.69) is 5.32 Å². The summed E-state index contributed by atoms with van der Waals surface area (Å²) in [6.45, 7) is -0.862. The van der Waals surface area contributed by atoms with Gasteiger partial charge in [0.15, 0.2) is 11.6 Å². The largest absolute Gasteiger partial charge is 0.399 e. The van der Waals surface area contributed by atoms with Crippen LogP contribution in [0.15, 0.2) is 12.1 Å². The zero-order valence-corrected chi connectivity index (χ0v) is 7.87. The number of aliphatic hydroxyl groups is 2. The number of halogens is 2. The molecule has 0 spiro atoms. The molecule has 84 valence electrons. The van der Waals surface area contributed by atoms with Gasteiger partial charge in [0.2, 0.25) is 0 Å². The maximum atomic E-state index is 13.2. The lowest BCUT2D eigenvalue weighted by atomic mass is 10.2. The maximum absolute atomic E-state index is 13.2. The fourth-order valence-electron chi connectivity index (χ4n) is 1.08. The molecule has 5 N–H and O–H groups in total. The first-order valence-electron chi connectivity index (χ1n) is 4.31. The first-order chi connectivity index (χ1) is 7.08. The Morgan fingerprint density at radius 1 is 1.20 bits per heavy atom. The van der Waals surface area contributed by atoms with Gasteiger partial charge < -0.3 is 21.3 Å². The lowest BCUT2D eigenvalue weighted by molar-refractivity contribution is 0.203. The molecular weight excluding hydrogens is 206 g/mol. The Balaban J connectivity index is 2.94. The Bertz CT molecular complexity index is 320. The molecule has 1 rings (SSSR count). The van der Waals surface area contributed by atoms with Gasteiger partial charge in [0.1, 0.15) is 5.69 Å². The van der Waals surface area contributed by atoms with Gasteiger partial charge in [0.05, 0.1) is 19.3 Å². The molecule has 0 bridgehead atoms. The highest BCUT2D eigenvalue weighted by atomic mass is 19.1. The minimum absolute atomic E-state index is 0.0277. The number of nitrogens with one attached hydrogen (secondary N) is 1. The number of rotatable bonds is 4. The van der Waals surface area contributed by atoms with E-state index in [0.29, 0.717) is 0 Å². The predicted molar refractivity (Wildman–Crippen MR) is 52.4 cm³/mol. The highest BCUT2D eigenvalue weighted by Crippen LogP contribution is 2.22. The molecule has 0 radical (unpaired) electrons. The van der Waals surface area contributed by atoms with Crippen LogP contribution in [0.5, 0.6) is 0 Å². The summed E-state index contributed by atoms with van der Waals surface area (Å²) in [7, 11) is 0. The van der Waals surface area contributed by atoms with Gasteiger partial charge in [-0.25, -0.2) is 8.78 Å². The van der Waals surface area contributed by atoms with Crippen molar-refractivity contribution in [1.29, 1.82) is 0 Å². The van der Waals surface area contributed by atoms with Crippen molar-refractivity contribution in [2.75, 3.05) is 24.3 Å². The molecule has 0 aliphatic carbocycles. The molecular formula is C9H12F2N2O2. The van der Waals surface area contributed by atoms with Crippen LogP contribution in [0.3, 0.4) is 0 Å². The summed E-state index contributed by atoms with van der Waals surface area (Å²) in [6.07, 6.45) is 0. The molecule has 0 amide bonds. The molecule has 4 nitrogen and oxygen atoms in total. The SMILES string of the molecule is Nc1cc(F)c(NC(CO)CO)c(F)c1. The summed E-state index contributed by atoms with van der Waals surface area (Å²) in [5, 5.41) is 19.8. The quantitative estimate of drug-likeness (QED) is 0.548. The molecule has 0 saturated carbocycles. The third kappa shape index (κ3) is 2.77. The molecule has 0 aromatic heterocycles. The van der Waals surface area contributed by atoms with Crippen LogP contribution in [-0.4, -0.2) is 29.5 Å². The van der Waals surface area contributed by atoms with E-state index in [1.165, 1.54) is 0 Å². The number of nitrogen functional groups attached to an aromatic ring is 1. The smallest absolute Gasteiger partial charge is 0.151 e. The number of aliphatic hydroxyl groups excluding tert-OH is 2. The van der Waals surface area contributed by atoms with E-state index < -0.39 is 36.6 Å². The molecule has 0 atom stereocenters. The summed E-state index contributed by atoms with van der Waals surface area (Å²) in [5.41, 5.74) is 4.78. The van der Waals surface area contributed by atoms with Crippen LogP contribution in [-0.2, 0) is 0 Å². The summed E-state index contributed by atoms with van der Waals surface area (Å²) in [4.78, 5) is 0. The van der Waals surface area contributed by atoms with Crippen molar-refractivity contribution in [3.63, 3.8) is 0 Å². The zero-order valence-electron chi connectivity index (χ0n) is 7.87. The second-order valence-corrected chi connectivity index (χ2v) is 3.07. The molecule has 0 aliphatic heterocycles. The highest BCUT2D eigenvalue weighted by Gasteiger charge is 2.14. The Hall–Kier alpha value is -1.40. The summed E-state index contributed by atoms with van der Waals surface area (Å²) in [5.74, 6) is -1.72. The number of anilines is 2. The van der Waals surface area contributed by atoms with E-state index in [1.807, 2.05) is 0 Å². The Labute approximate surface area is 85.3 Å². The third-order valence-electron chi connectivity index (χ3n) is 1.85. The number of hydrogen-bond acceptors (Lipinski definition) is 4. The van der Waals surface area contributed by atoms with Gasteiger partial charge in [-0.15, -0.1) is 0 Å². The van der Waals surface area contributed by atoms with E-state index in [9.17, 15) is 8.78 Å².